The number of hydrogen-bond donors (Lipinski definition) is 2. The van der Waals surface area contributed by atoms with Gasteiger partial charge in [0.25, 0.3) is 0 Å². The van der Waals surface area contributed by atoms with Gasteiger partial charge in [0.15, 0.2) is 9.84 Å². The van der Waals surface area contributed by atoms with Crippen molar-refractivity contribution in [2.24, 2.45) is 11.8 Å². The zero-order chi connectivity index (χ0) is 15.3. The molecule has 0 amide bonds. The fourth-order valence-corrected chi connectivity index (χ4v) is 2.88. The maximum Gasteiger partial charge on any atom is 0.308 e. The maximum absolute atomic E-state index is 11.7. The Morgan fingerprint density at radius 1 is 1.30 bits per heavy atom. The molecule has 0 aliphatic rings. The van der Waals surface area contributed by atoms with E-state index < -0.39 is 21.7 Å². The van der Waals surface area contributed by atoms with Crippen molar-refractivity contribution in [3.8, 4) is 0 Å². The molecule has 0 aromatic heterocycles. The third-order valence-electron chi connectivity index (χ3n) is 2.93. The second-order valence-electron chi connectivity index (χ2n) is 5.31. The predicted molar refractivity (Wildman–Crippen MR) is 78.6 cm³/mol. The largest absolute Gasteiger partial charge is 0.481 e. The molecule has 1 aromatic rings. The Bertz CT molecular complexity index is 566. The Balaban J connectivity index is 2.86. The van der Waals surface area contributed by atoms with Gasteiger partial charge in [-0.2, -0.15) is 0 Å². The number of nitrogens with one attached hydrogen (secondary N) is 1. The summed E-state index contributed by atoms with van der Waals surface area (Å²) in [5.74, 6) is -1.14. The van der Waals surface area contributed by atoms with E-state index in [4.69, 9.17) is 0 Å². The number of para-hydroxylation sites is 1. The van der Waals surface area contributed by atoms with E-state index in [0.29, 0.717) is 12.1 Å². The molecule has 2 N–H and O–H groups in total. The van der Waals surface area contributed by atoms with Gasteiger partial charge in [-0.3, -0.25) is 4.79 Å². The highest BCUT2D eigenvalue weighted by molar-refractivity contribution is 7.90. The topological polar surface area (TPSA) is 83.5 Å². The molecule has 5 nitrogen and oxygen atoms in total. The Kier molecular flexibility index (Phi) is 5.56. The van der Waals surface area contributed by atoms with Gasteiger partial charge in [-0.15, -0.1) is 0 Å². The number of hydrogen-bond acceptors (Lipinski definition) is 4. The van der Waals surface area contributed by atoms with Crippen LogP contribution in [0, 0.1) is 11.8 Å². The Morgan fingerprint density at radius 3 is 2.40 bits per heavy atom. The fraction of sp³-hybridized carbons (Fsp3) is 0.500. The Labute approximate surface area is 119 Å². The zero-order valence-corrected chi connectivity index (χ0v) is 12.8. The third-order valence-corrected chi connectivity index (χ3v) is 4.09. The van der Waals surface area contributed by atoms with Crippen LogP contribution in [0.15, 0.2) is 29.2 Å². The molecule has 1 unspecified atom stereocenters. The summed E-state index contributed by atoms with van der Waals surface area (Å²) >= 11 is 0. The van der Waals surface area contributed by atoms with E-state index in [2.05, 4.69) is 5.32 Å². The lowest BCUT2D eigenvalue weighted by Gasteiger charge is -2.17. The molecule has 0 radical (unpaired) electrons. The lowest BCUT2D eigenvalue weighted by molar-refractivity contribution is -0.141. The number of anilines is 1. The second kappa shape index (κ2) is 6.74. The van der Waals surface area contributed by atoms with Gasteiger partial charge in [-0.05, 0) is 24.5 Å². The minimum Gasteiger partial charge on any atom is -0.481 e. The molecule has 0 aliphatic carbocycles. The molecule has 0 aliphatic heterocycles. The van der Waals surface area contributed by atoms with Gasteiger partial charge >= 0.3 is 5.97 Å². The van der Waals surface area contributed by atoms with Gasteiger partial charge in [-0.1, -0.05) is 26.0 Å². The van der Waals surface area contributed by atoms with Crippen molar-refractivity contribution in [1.29, 1.82) is 0 Å². The minimum absolute atomic E-state index is 0.189. The monoisotopic (exact) mass is 299 g/mol. The van der Waals surface area contributed by atoms with Gasteiger partial charge in [0.2, 0.25) is 0 Å². The number of carboxylic acid groups (broad SMARTS) is 1. The third kappa shape index (κ3) is 4.85. The van der Waals surface area contributed by atoms with Crippen molar-refractivity contribution >= 4 is 21.5 Å². The lowest BCUT2D eigenvalue weighted by atomic mass is 9.97. The summed E-state index contributed by atoms with van der Waals surface area (Å²) in [5, 5.41) is 12.1. The minimum atomic E-state index is -3.33. The summed E-state index contributed by atoms with van der Waals surface area (Å²) in [5.41, 5.74) is 0.449. The van der Waals surface area contributed by atoms with Crippen LogP contribution < -0.4 is 5.32 Å². The molecule has 6 heteroatoms. The van der Waals surface area contributed by atoms with Crippen LogP contribution in [0.2, 0.25) is 0 Å². The summed E-state index contributed by atoms with van der Waals surface area (Å²) < 4.78 is 23.3. The van der Waals surface area contributed by atoms with Crippen molar-refractivity contribution in [1.82, 2.24) is 0 Å². The number of carbonyl (C=O) groups is 1. The number of carboxylic acids is 1. The molecule has 0 fully saturated rings. The van der Waals surface area contributed by atoms with Gasteiger partial charge in [0.05, 0.1) is 16.5 Å². The van der Waals surface area contributed by atoms with Crippen LogP contribution >= 0.6 is 0 Å². The van der Waals surface area contributed by atoms with Crippen molar-refractivity contribution in [2.45, 2.75) is 25.2 Å². The molecule has 0 heterocycles. The molecule has 112 valence electrons. The highest BCUT2D eigenvalue weighted by Gasteiger charge is 2.20. The van der Waals surface area contributed by atoms with E-state index in [-0.39, 0.29) is 17.4 Å². The second-order valence-corrected chi connectivity index (χ2v) is 7.30. The summed E-state index contributed by atoms with van der Waals surface area (Å²) in [6.45, 7) is 4.13. The van der Waals surface area contributed by atoms with E-state index in [1.54, 1.807) is 18.2 Å². The maximum atomic E-state index is 11.7. The van der Waals surface area contributed by atoms with Crippen molar-refractivity contribution in [2.75, 3.05) is 18.1 Å². The molecule has 1 atom stereocenters. The summed E-state index contributed by atoms with van der Waals surface area (Å²) in [4.78, 5) is 11.4. The molecule has 0 saturated heterocycles. The first-order valence-corrected chi connectivity index (χ1v) is 8.36. The number of sulfone groups is 1. The van der Waals surface area contributed by atoms with E-state index in [1.165, 1.54) is 6.07 Å². The molecule has 1 aromatic carbocycles. The van der Waals surface area contributed by atoms with Crippen LogP contribution in [-0.4, -0.2) is 32.3 Å². The highest BCUT2D eigenvalue weighted by atomic mass is 32.2. The first-order chi connectivity index (χ1) is 9.21. The van der Waals surface area contributed by atoms with Crippen LogP contribution in [0.3, 0.4) is 0 Å². The predicted octanol–water partition coefficient (Wildman–Crippen LogP) is 2.25. The Morgan fingerprint density at radius 2 is 1.90 bits per heavy atom. The van der Waals surface area contributed by atoms with Gasteiger partial charge < -0.3 is 10.4 Å². The molecular weight excluding hydrogens is 278 g/mol. The van der Waals surface area contributed by atoms with E-state index >= 15 is 0 Å². The van der Waals surface area contributed by atoms with Gasteiger partial charge in [0.1, 0.15) is 0 Å². The lowest BCUT2D eigenvalue weighted by Crippen LogP contribution is -2.25. The standard InChI is InChI=1S/C14H21NO4S/c1-10(2)8-11(14(16)17)9-15-12-6-4-5-7-13(12)20(3,18)19/h4-7,10-11,15H,8-9H2,1-3H3,(H,16,17). The first kappa shape index (κ1) is 16.5. The molecule has 1 rings (SSSR count). The Hall–Kier alpha value is -1.56. The molecule has 0 bridgehead atoms. The SMILES string of the molecule is CC(C)CC(CNc1ccccc1S(C)(=O)=O)C(=O)O. The van der Waals surface area contributed by atoms with Crippen molar-refractivity contribution in [3.05, 3.63) is 24.3 Å². The smallest absolute Gasteiger partial charge is 0.308 e. The average molecular weight is 299 g/mol. The fourth-order valence-electron chi connectivity index (χ4n) is 2.01. The van der Waals surface area contributed by atoms with E-state index in [0.717, 1.165) is 6.26 Å². The van der Waals surface area contributed by atoms with Crippen LogP contribution in [0.4, 0.5) is 5.69 Å². The quantitative estimate of drug-likeness (QED) is 0.807. The van der Waals surface area contributed by atoms with Crippen molar-refractivity contribution < 1.29 is 18.3 Å². The summed E-state index contributed by atoms with van der Waals surface area (Å²) in [6.07, 6.45) is 1.68. The molecule has 0 spiro atoms. The summed E-state index contributed by atoms with van der Waals surface area (Å²) in [7, 11) is -3.33. The molecule has 0 saturated carbocycles. The normalized spacial score (nSPS) is 13.2. The van der Waals surface area contributed by atoms with Gasteiger partial charge in [-0.25, -0.2) is 8.42 Å². The molecular formula is C14H21NO4S. The van der Waals surface area contributed by atoms with Crippen molar-refractivity contribution in [3.63, 3.8) is 0 Å². The van der Waals surface area contributed by atoms with E-state index in [9.17, 15) is 18.3 Å². The highest BCUT2D eigenvalue weighted by Crippen LogP contribution is 2.22. The van der Waals surface area contributed by atoms with Crippen LogP contribution in [0.1, 0.15) is 20.3 Å². The van der Waals surface area contributed by atoms with Crippen LogP contribution in [0.25, 0.3) is 0 Å². The first-order valence-electron chi connectivity index (χ1n) is 6.47. The molecule has 20 heavy (non-hydrogen) atoms. The van der Waals surface area contributed by atoms with Gasteiger partial charge in [0, 0.05) is 12.8 Å². The number of aliphatic carboxylic acids is 1. The number of benzene rings is 1. The zero-order valence-electron chi connectivity index (χ0n) is 12.0. The number of rotatable bonds is 7. The van der Waals surface area contributed by atoms with Crippen LogP contribution in [0.5, 0.6) is 0 Å². The van der Waals surface area contributed by atoms with E-state index in [1.807, 2.05) is 13.8 Å². The average Bonchev–Trinajstić information content (AvgIpc) is 2.33. The van der Waals surface area contributed by atoms with Crippen LogP contribution in [-0.2, 0) is 14.6 Å². The summed E-state index contributed by atoms with van der Waals surface area (Å²) in [6, 6.07) is 6.51.